The molecule has 1 aliphatic rings. The van der Waals surface area contributed by atoms with E-state index in [2.05, 4.69) is 33.7 Å². The molecule has 0 saturated heterocycles. The monoisotopic (exact) mass is 282 g/mol. The molecule has 21 heavy (non-hydrogen) atoms. The van der Waals surface area contributed by atoms with Crippen LogP contribution in [-0.2, 0) is 12.8 Å². The molecule has 2 aromatic rings. The molecule has 110 valence electrons. The SMILES string of the molecule is CC[C@H](C)N1CCc2ncnc(-c3ccncc3)c2CC1. The van der Waals surface area contributed by atoms with Crippen LogP contribution < -0.4 is 0 Å². The summed E-state index contributed by atoms with van der Waals surface area (Å²) >= 11 is 0. The molecular weight excluding hydrogens is 260 g/mol. The van der Waals surface area contributed by atoms with Crippen molar-refractivity contribution in [2.75, 3.05) is 13.1 Å². The summed E-state index contributed by atoms with van der Waals surface area (Å²) < 4.78 is 0. The molecule has 3 heterocycles. The predicted octanol–water partition coefficient (Wildman–Crippen LogP) is 2.74. The van der Waals surface area contributed by atoms with E-state index in [0.717, 1.165) is 37.2 Å². The third kappa shape index (κ3) is 2.95. The second-order valence-corrected chi connectivity index (χ2v) is 5.68. The van der Waals surface area contributed by atoms with Crippen LogP contribution in [-0.4, -0.2) is 39.0 Å². The van der Waals surface area contributed by atoms with Crippen molar-refractivity contribution in [2.45, 2.75) is 39.2 Å². The molecule has 1 atom stereocenters. The molecule has 0 aliphatic carbocycles. The van der Waals surface area contributed by atoms with Crippen molar-refractivity contribution in [3.63, 3.8) is 0 Å². The van der Waals surface area contributed by atoms with Gasteiger partial charge in [-0.25, -0.2) is 9.97 Å². The van der Waals surface area contributed by atoms with Gasteiger partial charge in [0.25, 0.3) is 0 Å². The van der Waals surface area contributed by atoms with E-state index in [4.69, 9.17) is 0 Å². The zero-order valence-corrected chi connectivity index (χ0v) is 12.8. The first-order valence-electron chi connectivity index (χ1n) is 7.76. The van der Waals surface area contributed by atoms with Crippen molar-refractivity contribution in [2.24, 2.45) is 0 Å². The van der Waals surface area contributed by atoms with Gasteiger partial charge in [0, 0.05) is 54.8 Å². The number of aromatic nitrogens is 3. The third-order valence-corrected chi connectivity index (χ3v) is 4.49. The van der Waals surface area contributed by atoms with Crippen LogP contribution in [0.3, 0.4) is 0 Å². The number of nitrogens with zero attached hydrogens (tertiary/aromatic N) is 4. The van der Waals surface area contributed by atoms with Gasteiger partial charge in [0.1, 0.15) is 6.33 Å². The number of fused-ring (bicyclic) bond motifs is 1. The van der Waals surface area contributed by atoms with Gasteiger partial charge in [-0.1, -0.05) is 6.92 Å². The smallest absolute Gasteiger partial charge is 0.116 e. The minimum atomic E-state index is 0.636. The van der Waals surface area contributed by atoms with E-state index < -0.39 is 0 Å². The first kappa shape index (κ1) is 14.1. The maximum absolute atomic E-state index is 4.54. The summed E-state index contributed by atoms with van der Waals surface area (Å²) in [6, 6.07) is 4.69. The Kier molecular flexibility index (Phi) is 4.25. The number of rotatable bonds is 3. The molecule has 4 nitrogen and oxygen atoms in total. The van der Waals surface area contributed by atoms with E-state index in [-0.39, 0.29) is 0 Å². The second kappa shape index (κ2) is 6.31. The fourth-order valence-corrected chi connectivity index (χ4v) is 3.00. The highest BCUT2D eigenvalue weighted by Crippen LogP contribution is 2.25. The lowest BCUT2D eigenvalue weighted by Crippen LogP contribution is -2.34. The standard InChI is InChI=1S/C17H22N4/c1-3-13(2)21-10-6-15-16(7-11-21)19-12-20-17(15)14-4-8-18-9-5-14/h4-5,8-9,12-13H,3,6-7,10-11H2,1-2H3/t13-/m0/s1. The van der Waals surface area contributed by atoms with Gasteiger partial charge >= 0.3 is 0 Å². The molecule has 0 radical (unpaired) electrons. The molecule has 3 rings (SSSR count). The van der Waals surface area contributed by atoms with Gasteiger partial charge in [-0.2, -0.15) is 0 Å². The van der Waals surface area contributed by atoms with Gasteiger partial charge in [-0.05, 0) is 31.9 Å². The summed E-state index contributed by atoms with van der Waals surface area (Å²) in [5.41, 5.74) is 4.74. The van der Waals surface area contributed by atoms with Crippen LogP contribution >= 0.6 is 0 Å². The van der Waals surface area contributed by atoms with Crippen LogP contribution in [0.4, 0.5) is 0 Å². The van der Waals surface area contributed by atoms with Crippen LogP contribution in [0.2, 0.25) is 0 Å². The quantitative estimate of drug-likeness (QED) is 0.868. The van der Waals surface area contributed by atoms with E-state index in [0.29, 0.717) is 6.04 Å². The van der Waals surface area contributed by atoms with Crippen molar-refractivity contribution < 1.29 is 0 Å². The molecular formula is C17H22N4. The largest absolute Gasteiger partial charge is 0.300 e. The topological polar surface area (TPSA) is 41.9 Å². The predicted molar refractivity (Wildman–Crippen MR) is 84.0 cm³/mol. The van der Waals surface area contributed by atoms with Gasteiger partial charge in [-0.3, -0.25) is 9.88 Å². The minimum Gasteiger partial charge on any atom is -0.300 e. The molecule has 2 aromatic heterocycles. The van der Waals surface area contributed by atoms with Gasteiger partial charge < -0.3 is 0 Å². The van der Waals surface area contributed by atoms with Crippen molar-refractivity contribution in [1.82, 2.24) is 19.9 Å². The van der Waals surface area contributed by atoms with E-state index in [1.165, 1.54) is 17.7 Å². The van der Waals surface area contributed by atoms with E-state index >= 15 is 0 Å². The average Bonchev–Trinajstić information content (AvgIpc) is 2.77. The number of hydrogen-bond acceptors (Lipinski definition) is 4. The van der Waals surface area contributed by atoms with Gasteiger partial charge in [-0.15, -0.1) is 0 Å². The number of pyridine rings is 1. The highest BCUT2D eigenvalue weighted by molar-refractivity contribution is 5.63. The summed E-state index contributed by atoms with van der Waals surface area (Å²) in [4.78, 5) is 15.7. The van der Waals surface area contributed by atoms with E-state index in [9.17, 15) is 0 Å². The Labute approximate surface area is 126 Å². The van der Waals surface area contributed by atoms with E-state index in [1.54, 1.807) is 6.33 Å². The maximum atomic E-state index is 4.54. The average molecular weight is 282 g/mol. The van der Waals surface area contributed by atoms with Crippen molar-refractivity contribution in [1.29, 1.82) is 0 Å². The normalized spacial score (nSPS) is 17.0. The number of hydrogen-bond donors (Lipinski definition) is 0. The van der Waals surface area contributed by atoms with Gasteiger partial charge in [0.15, 0.2) is 0 Å². The Morgan fingerprint density at radius 2 is 1.90 bits per heavy atom. The summed E-state index contributed by atoms with van der Waals surface area (Å²) in [6.07, 6.45) is 8.59. The molecule has 0 unspecified atom stereocenters. The van der Waals surface area contributed by atoms with Crippen LogP contribution in [0.5, 0.6) is 0 Å². The van der Waals surface area contributed by atoms with Crippen molar-refractivity contribution in [3.8, 4) is 11.3 Å². The molecule has 0 saturated carbocycles. The Bertz CT molecular complexity index is 597. The first-order chi connectivity index (χ1) is 10.3. The molecule has 4 heteroatoms. The zero-order chi connectivity index (χ0) is 14.7. The zero-order valence-electron chi connectivity index (χ0n) is 12.8. The Morgan fingerprint density at radius 3 is 2.67 bits per heavy atom. The summed E-state index contributed by atoms with van der Waals surface area (Å²) in [5.74, 6) is 0. The molecule has 0 spiro atoms. The highest BCUT2D eigenvalue weighted by atomic mass is 15.1. The van der Waals surface area contributed by atoms with Crippen LogP contribution in [0.25, 0.3) is 11.3 Å². The molecule has 1 aliphatic heterocycles. The lowest BCUT2D eigenvalue weighted by atomic mass is 10.0. The maximum Gasteiger partial charge on any atom is 0.116 e. The van der Waals surface area contributed by atoms with Crippen LogP contribution in [0, 0.1) is 0 Å². The lowest BCUT2D eigenvalue weighted by molar-refractivity contribution is 0.213. The van der Waals surface area contributed by atoms with Crippen molar-refractivity contribution >= 4 is 0 Å². The molecule has 0 N–H and O–H groups in total. The molecule has 0 aromatic carbocycles. The molecule has 0 fully saturated rings. The fraction of sp³-hybridized carbons (Fsp3) is 0.471. The summed E-state index contributed by atoms with van der Waals surface area (Å²) in [7, 11) is 0. The molecule has 0 bridgehead atoms. The second-order valence-electron chi connectivity index (χ2n) is 5.68. The van der Waals surface area contributed by atoms with Gasteiger partial charge in [0.2, 0.25) is 0 Å². The van der Waals surface area contributed by atoms with E-state index in [1.807, 2.05) is 24.5 Å². The summed E-state index contributed by atoms with van der Waals surface area (Å²) in [6.45, 7) is 6.75. The van der Waals surface area contributed by atoms with Gasteiger partial charge in [0.05, 0.1) is 5.69 Å². The Morgan fingerprint density at radius 1 is 1.14 bits per heavy atom. The first-order valence-corrected chi connectivity index (χ1v) is 7.76. The highest BCUT2D eigenvalue weighted by Gasteiger charge is 2.21. The Hall–Kier alpha value is -1.81. The summed E-state index contributed by atoms with van der Waals surface area (Å²) in [5, 5.41) is 0. The Balaban J connectivity index is 1.92. The fourth-order valence-electron chi connectivity index (χ4n) is 3.00. The third-order valence-electron chi connectivity index (χ3n) is 4.49. The van der Waals surface area contributed by atoms with Crippen LogP contribution in [0.15, 0.2) is 30.9 Å². The minimum absolute atomic E-state index is 0.636. The molecule has 0 amide bonds. The van der Waals surface area contributed by atoms with Crippen LogP contribution in [0.1, 0.15) is 31.5 Å². The van der Waals surface area contributed by atoms with Crippen molar-refractivity contribution in [3.05, 3.63) is 42.1 Å². The lowest BCUT2D eigenvalue weighted by Gasteiger charge is -2.26.